The molecule has 1 unspecified atom stereocenters. The van der Waals surface area contributed by atoms with Crippen molar-refractivity contribution >= 4 is 48.6 Å². The van der Waals surface area contributed by atoms with E-state index in [2.05, 4.69) is 254 Å². The normalized spacial score (nSPS) is 14.5. The van der Waals surface area contributed by atoms with Gasteiger partial charge in [0.1, 0.15) is 5.75 Å². The molecule has 2 aliphatic carbocycles. The third kappa shape index (κ3) is 5.55. The minimum absolute atomic E-state index is 0.686. The largest absolute Gasteiger partial charge is 0.454 e. The number of benzene rings is 11. The molecule has 0 saturated heterocycles. The van der Waals surface area contributed by atoms with Crippen LogP contribution in [0.25, 0.3) is 86.9 Å². The fraction of sp³-hybridized carbons (Fsp3) is 0.0149. The van der Waals surface area contributed by atoms with Crippen LogP contribution in [0.15, 0.2) is 249 Å². The molecule has 70 heavy (non-hydrogen) atoms. The van der Waals surface area contributed by atoms with Crippen LogP contribution in [0.4, 0.5) is 17.1 Å². The summed E-state index contributed by atoms with van der Waals surface area (Å²) in [7, 11) is 0. The first-order valence-corrected chi connectivity index (χ1v) is 24.9. The van der Waals surface area contributed by atoms with Crippen LogP contribution in [0.2, 0.25) is 0 Å². The lowest BCUT2D eigenvalue weighted by molar-refractivity contribution is 0.489. The molecule has 1 aliphatic heterocycles. The summed E-state index contributed by atoms with van der Waals surface area (Å²) in [6.07, 6.45) is 0. The highest BCUT2D eigenvalue weighted by atomic mass is 32.1. The molecule has 0 radical (unpaired) electrons. The third-order valence-electron chi connectivity index (χ3n) is 15.1. The second-order valence-corrected chi connectivity index (χ2v) is 19.7. The molecule has 1 spiro atoms. The van der Waals surface area contributed by atoms with Crippen LogP contribution in [0.3, 0.4) is 0 Å². The number of rotatable bonds is 4. The molecule has 0 saturated carbocycles. The lowest BCUT2D eigenvalue weighted by Gasteiger charge is -2.36. The van der Waals surface area contributed by atoms with Crippen molar-refractivity contribution in [3.63, 3.8) is 0 Å². The monoisotopic (exact) mass is 907 g/mol. The number of thiophene rings is 1. The summed E-state index contributed by atoms with van der Waals surface area (Å²) in [6, 6.07) is 92.0. The van der Waals surface area contributed by atoms with Gasteiger partial charge in [-0.05, 0) is 132 Å². The molecule has 0 fully saturated rings. The van der Waals surface area contributed by atoms with Gasteiger partial charge in [0.2, 0.25) is 0 Å². The van der Waals surface area contributed by atoms with E-state index in [1.165, 1.54) is 81.4 Å². The van der Waals surface area contributed by atoms with E-state index >= 15 is 0 Å². The lowest BCUT2D eigenvalue weighted by Crippen LogP contribution is -2.29. The first-order valence-electron chi connectivity index (χ1n) is 24.1. The van der Waals surface area contributed by atoms with E-state index in [1.807, 2.05) is 11.3 Å². The second-order valence-electron chi connectivity index (χ2n) is 18.7. The Bertz CT molecular complexity index is 4110. The number of ether oxygens (including phenoxy) is 1. The fourth-order valence-corrected chi connectivity index (χ4v) is 13.3. The highest BCUT2D eigenvalue weighted by Gasteiger charge is 2.50. The van der Waals surface area contributed by atoms with Crippen molar-refractivity contribution in [3.8, 4) is 78.3 Å². The number of hydrogen-bond donors (Lipinski definition) is 0. The van der Waals surface area contributed by atoms with E-state index in [1.54, 1.807) is 0 Å². The van der Waals surface area contributed by atoms with Gasteiger partial charge in [-0.25, -0.2) is 0 Å². The van der Waals surface area contributed by atoms with Crippen molar-refractivity contribution in [2.24, 2.45) is 0 Å². The molecular formula is C67H41NOS. The van der Waals surface area contributed by atoms with Gasteiger partial charge in [0.05, 0.1) is 11.1 Å². The first kappa shape index (κ1) is 39.3. The Balaban J connectivity index is 1.05. The van der Waals surface area contributed by atoms with Gasteiger partial charge in [-0.1, -0.05) is 194 Å². The predicted molar refractivity (Wildman–Crippen MR) is 292 cm³/mol. The van der Waals surface area contributed by atoms with Gasteiger partial charge >= 0.3 is 0 Å². The molecule has 2 heterocycles. The Morgan fingerprint density at radius 1 is 0.314 bits per heavy atom. The Kier molecular flexibility index (Phi) is 8.48. The Morgan fingerprint density at radius 2 is 0.843 bits per heavy atom. The van der Waals surface area contributed by atoms with Gasteiger partial charge in [0.15, 0.2) is 5.75 Å². The fourth-order valence-electron chi connectivity index (χ4n) is 12.2. The number of anilines is 3. The van der Waals surface area contributed by atoms with Gasteiger partial charge in [-0.2, -0.15) is 0 Å². The molecule has 2 nitrogen and oxygen atoms in total. The van der Waals surface area contributed by atoms with Crippen molar-refractivity contribution in [3.05, 3.63) is 271 Å². The van der Waals surface area contributed by atoms with Crippen molar-refractivity contribution in [1.29, 1.82) is 0 Å². The molecule has 1 aromatic heterocycles. The molecule has 3 aliphatic rings. The second kappa shape index (κ2) is 15.1. The minimum Gasteiger partial charge on any atom is -0.454 e. The van der Waals surface area contributed by atoms with Crippen LogP contribution < -0.4 is 9.64 Å². The van der Waals surface area contributed by atoms with Crippen molar-refractivity contribution in [2.75, 3.05) is 4.90 Å². The van der Waals surface area contributed by atoms with Crippen molar-refractivity contribution in [1.82, 2.24) is 0 Å². The lowest BCUT2D eigenvalue weighted by atomic mass is 9.65. The molecule has 0 bridgehead atoms. The first-order chi connectivity index (χ1) is 34.7. The topological polar surface area (TPSA) is 12.5 Å². The number of nitrogens with zero attached hydrogens (tertiary/aromatic N) is 1. The maximum atomic E-state index is 7.27. The van der Waals surface area contributed by atoms with E-state index in [4.69, 9.17) is 4.74 Å². The smallest absolute Gasteiger partial charge is 0.159 e. The maximum Gasteiger partial charge on any atom is 0.159 e. The summed E-state index contributed by atoms with van der Waals surface area (Å²) in [6.45, 7) is 0. The molecule has 11 aromatic carbocycles. The van der Waals surface area contributed by atoms with Crippen LogP contribution in [-0.2, 0) is 5.41 Å². The van der Waals surface area contributed by atoms with Crippen molar-refractivity contribution < 1.29 is 4.74 Å². The highest BCUT2D eigenvalue weighted by molar-refractivity contribution is 7.25. The van der Waals surface area contributed by atoms with Crippen LogP contribution in [0.5, 0.6) is 11.5 Å². The van der Waals surface area contributed by atoms with Crippen LogP contribution >= 0.6 is 11.3 Å². The van der Waals surface area contributed by atoms with Gasteiger partial charge in [-0.3, -0.25) is 0 Å². The summed E-state index contributed by atoms with van der Waals surface area (Å²) >= 11 is 1.89. The quantitative estimate of drug-likeness (QED) is 0.174. The number of hydrogen-bond acceptors (Lipinski definition) is 3. The minimum atomic E-state index is -0.686. The Labute approximate surface area is 410 Å². The molecule has 3 heteroatoms. The number of fused-ring (bicyclic) bond motifs is 20. The number of para-hydroxylation sites is 2. The molecule has 1 atom stereocenters. The highest BCUT2D eigenvalue weighted by Crippen LogP contribution is 2.63. The zero-order chi connectivity index (χ0) is 45.9. The molecular weight excluding hydrogens is 867 g/mol. The van der Waals surface area contributed by atoms with E-state index < -0.39 is 5.41 Å². The van der Waals surface area contributed by atoms with Gasteiger partial charge in [-0.15, -0.1) is 11.3 Å². The molecule has 15 rings (SSSR count). The van der Waals surface area contributed by atoms with E-state index in [0.29, 0.717) is 0 Å². The average Bonchev–Trinajstić information content (AvgIpc) is 3.85. The molecule has 326 valence electrons. The molecule has 0 amide bonds. The zero-order valence-electron chi connectivity index (χ0n) is 37.9. The summed E-state index contributed by atoms with van der Waals surface area (Å²) in [5.41, 5.74) is 21.8. The summed E-state index contributed by atoms with van der Waals surface area (Å²) in [5.74, 6) is 1.65. The van der Waals surface area contributed by atoms with Crippen LogP contribution in [0.1, 0.15) is 22.3 Å². The Hall–Kier alpha value is -8.76. The molecule has 12 aromatic rings. The zero-order valence-corrected chi connectivity index (χ0v) is 38.8. The molecule has 0 N–H and O–H groups in total. The standard InChI is InChI=1S/C67H41NOS/c1-2-17-42(18-3-1)43-33-35-44(36-34-43)68(62-30-16-27-55-49-22-7-6-21-48(49)53-25-10-14-31-63(53)69-66(55)62)45-37-38-52-47-20-5-4-19-46(47)50-23-8-12-28-58(50)67(60(52)39-45)59-29-13-9-24-51(59)56-41-65-57(40-61(56)67)54-26-11-15-32-64(54)70-65/h1-41H. The van der Waals surface area contributed by atoms with Gasteiger partial charge in [0.25, 0.3) is 0 Å². The Morgan fingerprint density at radius 3 is 1.59 bits per heavy atom. The van der Waals surface area contributed by atoms with Gasteiger partial charge < -0.3 is 9.64 Å². The van der Waals surface area contributed by atoms with Gasteiger partial charge in [0, 0.05) is 42.7 Å². The maximum absolute atomic E-state index is 7.27. The average molecular weight is 908 g/mol. The van der Waals surface area contributed by atoms with Crippen LogP contribution in [0, 0.1) is 0 Å². The SMILES string of the molecule is c1ccc(-c2ccc(N(c3ccc4c(c3)C3(c5ccccc5-c5ccccc5-4)c4ccccc4-c4cc5sc6ccccc6c5cc43)c3cccc4c3Oc3ccccc3-c3ccccc3-4)cc2)cc1. The van der Waals surface area contributed by atoms with E-state index in [0.717, 1.165) is 56.4 Å². The van der Waals surface area contributed by atoms with Crippen molar-refractivity contribution in [2.45, 2.75) is 5.41 Å². The predicted octanol–water partition coefficient (Wildman–Crippen LogP) is 18.6. The van der Waals surface area contributed by atoms with E-state index in [-0.39, 0.29) is 0 Å². The van der Waals surface area contributed by atoms with Crippen LogP contribution in [-0.4, -0.2) is 0 Å². The summed E-state index contributed by atoms with van der Waals surface area (Å²) in [4.78, 5) is 2.43. The summed E-state index contributed by atoms with van der Waals surface area (Å²) in [5, 5.41) is 2.60. The van der Waals surface area contributed by atoms with E-state index in [9.17, 15) is 0 Å². The summed E-state index contributed by atoms with van der Waals surface area (Å²) < 4.78 is 9.89. The third-order valence-corrected chi connectivity index (χ3v) is 16.3.